The lowest BCUT2D eigenvalue weighted by Gasteiger charge is -2.14. The number of rotatable bonds is 6. The van der Waals surface area contributed by atoms with Gasteiger partial charge in [-0.3, -0.25) is 15.1 Å². The highest BCUT2D eigenvalue weighted by molar-refractivity contribution is 5.99. The van der Waals surface area contributed by atoms with Crippen molar-refractivity contribution in [3.8, 4) is 0 Å². The third kappa shape index (κ3) is 3.03. The van der Waals surface area contributed by atoms with Crippen molar-refractivity contribution in [1.29, 1.82) is 0 Å². The fourth-order valence-electron chi connectivity index (χ4n) is 2.08. The van der Waals surface area contributed by atoms with Gasteiger partial charge in [0.25, 0.3) is 5.69 Å². The Hall–Kier alpha value is -2.21. The molecule has 0 fully saturated rings. The van der Waals surface area contributed by atoms with Gasteiger partial charge in [-0.05, 0) is 26.0 Å². The molecule has 0 amide bonds. The lowest BCUT2D eigenvalue weighted by atomic mass is 10.1. The van der Waals surface area contributed by atoms with Gasteiger partial charge in [-0.1, -0.05) is 0 Å². The van der Waals surface area contributed by atoms with Crippen LogP contribution in [-0.4, -0.2) is 29.2 Å². The molecule has 0 radical (unpaired) electrons. The Morgan fingerprint density at radius 2 is 2.20 bits per heavy atom. The number of nitrogens with zero attached hydrogens (tertiary/aromatic N) is 2. The van der Waals surface area contributed by atoms with Crippen molar-refractivity contribution < 1.29 is 9.66 Å². The van der Waals surface area contributed by atoms with Crippen LogP contribution in [0.25, 0.3) is 10.8 Å². The Morgan fingerprint density at radius 1 is 1.40 bits per heavy atom. The molecule has 1 aromatic carbocycles. The molecule has 1 unspecified atom stereocenters. The van der Waals surface area contributed by atoms with E-state index in [4.69, 9.17) is 4.74 Å². The first-order valence-electron chi connectivity index (χ1n) is 6.50. The van der Waals surface area contributed by atoms with Gasteiger partial charge < -0.3 is 10.1 Å². The molecule has 0 spiro atoms. The maximum Gasteiger partial charge on any atom is 0.277 e. The Labute approximate surface area is 116 Å². The molecular formula is C14H17N3O3. The fraction of sp³-hybridized carbons (Fsp3) is 0.357. The molecule has 1 atom stereocenters. The second-order valence-electron chi connectivity index (χ2n) is 4.46. The zero-order valence-corrected chi connectivity index (χ0v) is 11.5. The Morgan fingerprint density at radius 3 is 2.90 bits per heavy atom. The number of benzene rings is 1. The summed E-state index contributed by atoms with van der Waals surface area (Å²) in [5.41, 5.74) is 0.913. The van der Waals surface area contributed by atoms with E-state index in [2.05, 4.69) is 10.3 Å². The van der Waals surface area contributed by atoms with Gasteiger partial charge in [0.15, 0.2) is 0 Å². The van der Waals surface area contributed by atoms with Gasteiger partial charge in [-0.25, -0.2) is 0 Å². The number of nitro benzene ring substituents is 1. The predicted molar refractivity (Wildman–Crippen MR) is 78.0 cm³/mol. The minimum Gasteiger partial charge on any atom is -0.382 e. The second kappa shape index (κ2) is 6.29. The molecule has 6 heteroatoms. The number of hydrogen-bond donors (Lipinski definition) is 1. The molecule has 1 heterocycles. The summed E-state index contributed by atoms with van der Waals surface area (Å²) >= 11 is 0. The average molecular weight is 275 g/mol. The van der Waals surface area contributed by atoms with Crippen molar-refractivity contribution in [2.24, 2.45) is 0 Å². The second-order valence-corrected chi connectivity index (χ2v) is 4.46. The molecule has 0 bridgehead atoms. The van der Waals surface area contributed by atoms with Crippen molar-refractivity contribution in [3.05, 3.63) is 40.7 Å². The summed E-state index contributed by atoms with van der Waals surface area (Å²) in [5.74, 6) is 0. The highest BCUT2D eigenvalue weighted by Gasteiger charge is 2.14. The van der Waals surface area contributed by atoms with Crippen molar-refractivity contribution in [3.63, 3.8) is 0 Å². The van der Waals surface area contributed by atoms with Crippen LogP contribution < -0.4 is 5.32 Å². The summed E-state index contributed by atoms with van der Waals surface area (Å²) in [5, 5.41) is 15.6. The van der Waals surface area contributed by atoms with Crippen LogP contribution in [0.4, 0.5) is 11.4 Å². The number of non-ortho nitro benzene ring substituents is 1. The molecule has 106 valence electrons. The fourth-order valence-corrected chi connectivity index (χ4v) is 2.08. The number of fused-ring (bicyclic) bond motifs is 1. The summed E-state index contributed by atoms with van der Waals surface area (Å²) in [6.45, 7) is 5.21. The Balaban J connectivity index is 2.31. The molecule has 1 N–H and O–H groups in total. The van der Waals surface area contributed by atoms with Gasteiger partial charge in [-0.2, -0.15) is 0 Å². The van der Waals surface area contributed by atoms with Gasteiger partial charge in [0.2, 0.25) is 0 Å². The number of anilines is 1. The smallest absolute Gasteiger partial charge is 0.277 e. The van der Waals surface area contributed by atoms with Gasteiger partial charge in [0.05, 0.1) is 16.4 Å². The Kier molecular flexibility index (Phi) is 4.47. The maximum atomic E-state index is 11.0. The standard InChI is InChI=1S/C14H17N3O3/c1-3-20-10(2)8-16-13-4-5-14(17(18)19)11-6-7-15-9-12(11)13/h4-7,9-10,16H,3,8H2,1-2H3. The van der Waals surface area contributed by atoms with Crippen LogP contribution >= 0.6 is 0 Å². The van der Waals surface area contributed by atoms with Crippen molar-refractivity contribution in [2.45, 2.75) is 20.0 Å². The summed E-state index contributed by atoms with van der Waals surface area (Å²) in [6.07, 6.45) is 3.26. The van der Waals surface area contributed by atoms with E-state index < -0.39 is 0 Å². The zero-order valence-electron chi connectivity index (χ0n) is 11.5. The molecule has 1 aromatic heterocycles. The van der Waals surface area contributed by atoms with Crippen LogP contribution in [0.5, 0.6) is 0 Å². The number of nitrogens with one attached hydrogen (secondary N) is 1. The van der Waals surface area contributed by atoms with Crippen LogP contribution in [0.15, 0.2) is 30.6 Å². The number of nitro groups is 1. The molecule has 2 rings (SSSR count). The van der Waals surface area contributed by atoms with Crippen LogP contribution in [0.3, 0.4) is 0 Å². The van der Waals surface area contributed by atoms with Crippen LogP contribution in [0.2, 0.25) is 0 Å². The van der Waals surface area contributed by atoms with E-state index in [1.54, 1.807) is 24.5 Å². The number of aromatic nitrogens is 1. The van der Waals surface area contributed by atoms with E-state index in [1.165, 1.54) is 6.07 Å². The molecule has 0 saturated heterocycles. The van der Waals surface area contributed by atoms with E-state index in [1.807, 2.05) is 13.8 Å². The zero-order chi connectivity index (χ0) is 14.5. The molecule has 0 aliphatic heterocycles. The van der Waals surface area contributed by atoms with Crippen molar-refractivity contribution in [1.82, 2.24) is 4.98 Å². The van der Waals surface area contributed by atoms with Crippen LogP contribution in [-0.2, 0) is 4.74 Å². The minimum absolute atomic E-state index is 0.0712. The van der Waals surface area contributed by atoms with Gasteiger partial charge in [0, 0.05) is 42.7 Å². The van der Waals surface area contributed by atoms with E-state index in [0.29, 0.717) is 18.5 Å². The third-order valence-electron chi connectivity index (χ3n) is 3.02. The van der Waals surface area contributed by atoms with E-state index in [0.717, 1.165) is 11.1 Å². The highest BCUT2D eigenvalue weighted by Crippen LogP contribution is 2.30. The lowest BCUT2D eigenvalue weighted by Crippen LogP contribution is -2.19. The van der Waals surface area contributed by atoms with E-state index >= 15 is 0 Å². The number of pyridine rings is 1. The molecule has 2 aromatic rings. The largest absolute Gasteiger partial charge is 0.382 e. The predicted octanol–water partition coefficient (Wildman–Crippen LogP) is 2.98. The molecule has 0 saturated carbocycles. The van der Waals surface area contributed by atoms with E-state index in [9.17, 15) is 10.1 Å². The number of hydrogen-bond acceptors (Lipinski definition) is 5. The summed E-state index contributed by atoms with van der Waals surface area (Å²) < 4.78 is 5.45. The van der Waals surface area contributed by atoms with E-state index in [-0.39, 0.29) is 16.7 Å². The average Bonchev–Trinajstić information content (AvgIpc) is 2.44. The topological polar surface area (TPSA) is 77.3 Å². The van der Waals surface area contributed by atoms with Gasteiger partial charge in [-0.15, -0.1) is 0 Å². The quantitative estimate of drug-likeness (QED) is 0.647. The SMILES string of the molecule is CCOC(C)CNc1ccc([N+](=O)[O-])c2ccncc12. The summed E-state index contributed by atoms with van der Waals surface area (Å²) in [7, 11) is 0. The van der Waals surface area contributed by atoms with Crippen molar-refractivity contribution >= 4 is 22.1 Å². The minimum atomic E-state index is -0.380. The lowest BCUT2D eigenvalue weighted by molar-refractivity contribution is -0.383. The first-order valence-corrected chi connectivity index (χ1v) is 6.50. The molecule has 20 heavy (non-hydrogen) atoms. The van der Waals surface area contributed by atoms with Gasteiger partial charge >= 0.3 is 0 Å². The molecular weight excluding hydrogens is 258 g/mol. The maximum absolute atomic E-state index is 11.0. The third-order valence-corrected chi connectivity index (χ3v) is 3.02. The molecule has 6 nitrogen and oxygen atoms in total. The first kappa shape index (κ1) is 14.2. The summed E-state index contributed by atoms with van der Waals surface area (Å²) in [4.78, 5) is 14.7. The van der Waals surface area contributed by atoms with Crippen LogP contribution in [0.1, 0.15) is 13.8 Å². The first-order chi connectivity index (χ1) is 9.63. The highest BCUT2D eigenvalue weighted by atomic mass is 16.6. The normalized spacial score (nSPS) is 12.3. The van der Waals surface area contributed by atoms with Gasteiger partial charge in [0.1, 0.15) is 0 Å². The number of ether oxygens (including phenoxy) is 1. The Bertz CT molecular complexity index is 616. The van der Waals surface area contributed by atoms with Crippen LogP contribution in [0, 0.1) is 10.1 Å². The molecule has 0 aliphatic rings. The molecule has 0 aliphatic carbocycles. The summed E-state index contributed by atoms with van der Waals surface area (Å²) in [6, 6.07) is 4.88. The van der Waals surface area contributed by atoms with Crippen molar-refractivity contribution in [2.75, 3.05) is 18.5 Å². The monoisotopic (exact) mass is 275 g/mol.